The summed E-state index contributed by atoms with van der Waals surface area (Å²) < 4.78 is 13.0. The van der Waals surface area contributed by atoms with Gasteiger partial charge < -0.3 is 5.32 Å². The highest BCUT2D eigenvalue weighted by atomic mass is 32.1. The van der Waals surface area contributed by atoms with Crippen molar-refractivity contribution in [1.29, 1.82) is 0 Å². The van der Waals surface area contributed by atoms with Gasteiger partial charge in [0.1, 0.15) is 5.82 Å². The molecule has 0 aliphatic heterocycles. The lowest BCUT2D eigenvalue weighted by molar-refractivity contribution is 0.627. The lowest BCUT2D eigenvalue weighted by Crippen LogP contribution is -2.17. The Kier molecular flexibility index (Phi) is 3.57. The summed E-state index contributed by atoms with van der Waals surface area (Å²) in [5.74, 6) is -0.201. The van der Waals surface area contributed by atoms with Gasteiger partial charge in [-0.2, -0.15) is 0 Å². The van der Waals surface area contributed by atoms with E-state index in [0.29, 0.717) is 6.04 Å². The molecule has 0 spiro atoms. The van der Waals surface area contributed by atoms with Crippen LogP contribution in [-0.2, 0) is 6.42 Å². The molecule has 0 radical (unpaired) electrons. The minimum absolute atomic E-state index is 0.201. The van der Waals surface area contributed by atoms with Crippen molar-refractivity contribution in [2.75, 3.05) is 5.32 Å². The van der Waals surface area contributed by atoms with E-state index in [1.807, 2.05) is 6.07 Å². The molecule has 1 heterocycles. The van der Waals surface area contributed by atoms with Crippen LogP contribution in [0.1, 0.15) is 11.8 Å². The number of hydrogen-bond acceptors (Lipinski definition) is 2. The van der Waals surface area contributed by atoms with E-state index >= 15 is 0 Å². The fraction of sp³-hybridized carbons (Fsp3) is 0.231. The van der Waals surface area contributed by atoms with Crippen LogP contribution in [0, 0.1) is 5.82 Å². The van der Waals surface area contributed by atoms with Gasteiger partial charge in [0, 0.05) is 23.0 Å². The maximum absolute atomic E-state index is 13.0. The Labute approximate surface area is 98.9 Å². The van der Waals surface area contributed by atoms with Crippen LogP contribution in [0.25, 0.3) is 0 Å². The average Bonchev–Trinajstić information content (AvgIpc) is 2.70. The molecule has 16 heavy (non-hydrogen) atoms. The number of benzene rings is 1. The first kappa shape index (κ1) is 11.1. The maximum atomic E-state index is 13.0. The highest BCUT2D eigenvalue weighted by Gasteiger charge is 2.04. The van der Waals surface area contributed by atoms with Crippen LogP contribution in [0.4, 0.5) is 10.1 Å². The molecule has 2 aromatic rings. The molecule has 1 unspecified atom stereocenters. The summed E-state index contributed by atoms with van der Waals surface area (Å²) >= 11 is 1.75. The third kappa shape index (κ3) is 3.07. The van der Waals surface area contributed by atoms with Crippen LogP contribution >= 0.6 is 11.3 Å². The van der Waals surface area contributed by atoms with Gasteiger partial charge in [0.15, 0.2) is 0 Å². The summed E-state index contributed by atoms with van der Waals surface area (Å²) in [6.45, 7) is 2.10. The van der Waals surface area contributed by atoms with Crippen molar-refractivity contribution in [3.05, 3.63) is 52.5 Å². The fourth-order valence-corrected chi connectivity index (χ4v) is 2.48. The third-order valence-electron chi connectivity index (χ3n) is 2.33. The molecule has 3 heteroatoms. The Hall–Kier alpha value is -1.35. The van der Waals surface area contributed by atoms with Gasteiger partial charge in [0.2, 0.25) is 0 Å². The molecule has 0 bridgehead atoms. The van der Waals surface area contributed by atoms with Crippen LogP contribution < -0.4 is 5.32 Å². The van der Waals surface area contributed by atoms with E-state index in [9.17, 15) is 4.39 Å². The Morgan fingerprint density at radius 3 is 2.88 bits per heavy atom. The van der Waals surface area contributed by atoms with Crippen LogP contribution in [0.5, 0.6) is 0 Å². The molecule has 0 saturated carbocycles. The van der Waals surface area contributed by atoms with Gasteiger partial charge in [-0.1, -0.05) is 12.1 Å². The molecule has 84 valence electrons. The maximum Gasteiger partial charge on any atom is 0.125 e. The first-order valence-electron chi connectivity index (χ1n) is 5.28. The van der Waals surface area contributed by atoms with Gasteiger partial charge in [0.25, 0.3) is 0 Å². The highest BCUT2D eigenvalue weighted by Crippen LogP contribution is 2.15. The molecule has 1 aromatic carbocycles. The standard InChI is InChI=1S/C13H14FNS/c1-10(8-13-6-3-7-16-13)15-12-5-2-4-11(14)9-12/h2-7,9-10,15H,8H2,1H3. The first-order chi connectivity index (χ1) is 7.74. The highest BCUT2D eigenvalue weighted by molar-refractivity contribution is 7.09. The van der Waals surface area contributed by atoms with Gasteiger partial charge in [-0.3, -0.25) is 0 Å². The van der Waals surface area contributed by atoms with E-state index in [0.717, 1.165) is 12.1 Å². The summed E-state index contributed by atoms with van der Waals surface area (Å²) in [6.07, 6.45) is 0.966. The second-order valence-electron chi connectivity index (χ2n) is 3.84. The summed E-state index contributed by atoms with van der Waals surface area (Å²) in [5.41, 5.74) is 0.837. The summed E-state index contributed by atoms with van der Waals surface area (Å²) in [5, 5.41) is 5.36. The van der Waals surface area contributed by atoms with Crippen molar-refractivity contribution in [2.24, 2.45) is 0 Å². The number of hydrogen-bond donors (Lipinski definition) is 1. The minimum atomic E-state index is -0.201. The van der Waals surface area contributed by atoms with Crippen LogP contribution in [0.3, 0.4) is 0 Å². The molecule has 0 fully saturated rings. The molecular weight excluding hydrogens is 221 g/mol. The number of rotatable bonds is 4. The summed E-state index contributed by atoms with van der Waals surface area (Å²) in [7, 11) is 0. The molecule has 1 nitrogen and oxygen atoms in total. The van der Waals surface area contributed by atoms with E-state index in [4.69, 9.17) is 0 Å². The molecule has 0 saturated heterocycles. The zero-order chi connectivity index (χ0) is 11.4. The zero-order valence-electron chi connectivity index (χ0n) is 9.11. The Bertz CT molecular complexity index is 439. The van der Waals surface area contributed by atoms with Crippen molar-refractivity contribution in [3.63, 3.8) is 0 Å². The van der Waals surface area contributed by atoms with Crippen LogP contribution in [0.2, 0.25) is 0 Å². The predicted octanol–water partition coefficient (Wildman–Crippen LogP) is 3.93. The zero-order valence-corrected chi connectivity index (χ0v) is 9.93. The number of halogens is 1. The summed E-state index contributed by atoms with van der Waals surface area (Å²) in [6, 6.07) is 11.0. The SMILES string of the molecule is CC(Cc1cccs1)Nc1cccc(F)c1. The normalized spacial score (nSPS) is 12.4. The van der Waals surface area contributed by atoms with E-state index in [1.165, 1.54) is 17.0 Å². The largest absolute Gasteiger partial charge is 0.382 e. The lowest BCUT2D eigenvalue weighted by Gasteiger charge is -2.14. The fourth-order valence-electron chi connectivity index (χ4n) is 1.64. The number of anilines is 1. The number of nitrogens with one attached hydrogen (secondary N) is 1. The van der Waals surface area contributed by atoms with Crippen LogP contribution in [0.15, 0.2) is 41.8 Å². The quantitative estimate of drug-likeness (QED) is 0.846. The molecule has 1 aromatic heterocycles. The molecule has 2 rings (SSSR count). The predicted molar refractivity (Wildman–Crippen MR) is 67.5 cm³/mol. The number of thiophene rings is 1. The van der Waals surface area contributed by atoms with E-state index in [1.54, 1.807) is 17.4 Å². The van der Waals surface area contributed by atoms with Gasteiger partial charge >= 0.3 is 0 Å². The topological polar surface area (TPSA) is 12.0 Å². The summed E-state index contributed by atoms with van der Waals surface area (Å²) in [4.78, 5) is 1.34. The first-order valence-corrected chi connectivity index (χ1v) is 6.16. The smallest absolute Gasteiger partial charge is 0.125 e. The van der Waals surface area contributed by atoms with Gasteiger partial charge in [-0.15, -0.1) is 11.3 Å². The van der Waals surface area contributed by atoms with Crippen LogP contribution in [-0.4, -0.2) is 6.04 Å². The minimum Gasteiger partial charge on any atom is -0.382 e. The van der Waals surface area contributed by atoms with Crippen molar-refractivity contribution in [2.45, 2.75) is 19.4 Å². The van der Waals surface area contributed by atoms with Gasteiger partial charge in [0.05, 0.1) is 0 Å². The lowest BCUT2D eigenvalue weighted by atomic mass is 10.2. The molecule has 0 aliphatic carbocycles. The van der Waals surface area contributed by atoms with Crippen molar-refractivity contribution < 1.29 is 4.39 Å². The molecule has 1 atom stereocenters. The third-order valence-corrected chi connectivity index (χ3v) is 3.22. The Balaban J connectivity index is 1.94. The van der Waals surface area contributed by atoms with E-state index in [2.05, 4.69) is 29.8 Å². The van der Waals surface area contributed by atoms with Gasteiger partial charge in [-0.05, 0) is 36.6 Å². The molecule has 0 amide bonds. The van der Waals surface area contributed by atoms with Crippen molar-refractivity contribution in [3.8, 4) is 0 Å². The van der Waals surface area contributed by atoms with Gasteiger partial charge in [-0.25, -0.2) is 4.39 Å². The molecular formula is C13H14FNS. The monoisotopic (exact) mass is 235 g/mol. The van der Waals surface area contributed by atoms with E-state index < -0.39 is 0 Å². The molecule has 1 N–H and O–H groups in total. The molecule has 0 aliphatic rings. The second-order valence-corrected chi connectivity index (χ2v) is 4.87. The second kappa shape index (κ2) is 5.12. The average molecular weight is 235 g/mol. The van der Waals surface area contributed by atoms with Crippen molar-refractivity contribution in [1.82, 2.24) is 0 Å². The van der Waals surface area contributed by atoms with Crippen molar-refractivity contribution >= 4 is 17.0 Å². The Morgan fingerprint density at radius 1 is 1.31 bits per heavy atom. The Morgan fingerprint density at radius 2 is 2.19 bits per heavy atom. The van der Waals surface area contributed by atoms with E-state index in [-0.39, 0.29) is 5.82 Å².